The molecule has 7 nitrogen and oxygen atoms in total. The first kappa shape index (κ1) is 21.5. The van der Waals surface area contributed by atoms with Crippen molar-refractivity contribution < 1.29 is 13.5 Å². The van der Waals surface area contributed by atoms with Crippen LogP contribution in [0.1, 0.15) is 0 Å². The Morgan fingerprint density at radius 2 is 1.87 bits per heavy atom. The monoisotopic (exact) mass is 466 g/mol. The number of anilines is 5. The summed E-state index contributed by atoms with van der Waals surface area (Å²) < 4.78 is 33.3. The molecule has 0 bridgehead atoms. The second-order valence-electron chi connectivity index (χ2n) is 6.75. The molecule has 1 aliphatic heterocycles. The van der Waals surface area contributed by atoms with Crippen LogP contribution in [0.25, 0.3) is 0 Å². The fourth-order valence-electron chi connectivity index (χ4n) is 3.11. The third kappa shape index (κ3) is 4.79. The van der Waals surface area contributed by atoms with E-state index < -0.39 is 16.7 Å². The molecule has 3 heterocycles. The highest BCUT2D eigenvalue weighted by Crippen LogP contribution is 2.31. The number of rotatable bonds is 5. The number of halogens is 4. The first-order chi connectivity index (χ1) is 14.9. The van der Waals surface area contributed by atoms with Crippen molar-refractivity contribution in [2.45, 2.75) is 0 Å². The first-order valence-corrected chi connectivity index (χ1v) is 10.2. The minimum Gasteiger partial charge on any atom is -0.378 e. The Labute approximate surface area is 187 Å². The van der Waals surface area contributed by atoms with E-state index >= 15 is 0 Å². The van der Waals surface area contributed by atoms with Crippen molar-refractivity contribution in [3.63, 3.8) is 0 Å². The van der Waals surface area contributed by atoms with Crippen LogP contribution >= 0.6 is 23.2 Å². The zero-order valence-corrected chi connectivity index (χ0v) is 18.0. The summed E-state index contributed by atoms with van der Waals surface area (Å²) in [4.78, 5) is 16.7. The van der Waals surface area contributed by atoms with Gasteiger partial charge >= 0.3 is 0 Å². The van der Waals surface area contributed by atoms with Crippen LogP contribution in [0.2, 0.25) is 10.0 Å². The fourth-order valence-corrected chi connectivity index (χ4v) is 3.47. The van der Waals surface area contributed by atoms with Crippen LogP contribution in [0.15, 0.2) is 36.5 Å². The summed E-state index contributed by atoms with van der Waals surface area (Å²) >= 11 is 12.0. The van der Waals surface area contributed by atoms with Crippen LogP contribution in [-0.2, 0) is 4.74 Å². The molecular weight excluding hydrogens is 449 g/mol. The zero-order valence-electron chi connectivity index (χ0n) is 16.4. The summed E-state index contributed by atoms with van der Waals surface area (Å²) in [7, 11) is 1.59. The van der Waals surface area contributed by atoms with E-state index in [0.717, 1.165) is 25.0 Å². The van der Waals surface area contributed by atoms with Crippen molar-refractivity contribution in [3.8, 4) is 0 Å². The van der Waals surface area contributed by atoms with Crippen molar-refractivity contribution in [1.82, 2.24) is 15.0 Å². The molecule has 162 valence electrons. The highest BCUT2D eigenvalue weighted by Gasteiger charge is 2.18. The lowest BCUT2D eigenvalue weighted by Gasteiger charge is -2.28. The van der Waals surface area contributed by atoms with Crippen LogP contribution in [0.4, 0.5) is 37.9 Å². The SMILES string of the molecule is CN(c1ccnc(Nc2cc(Cl)cc(N3CCOCC3)n2)n1)c1ccc(F)c(Cl)c1F. The van der Waals surface area contributed by atoms with Crippen molar-refractivity contribution in [3.05, 3.63) is 58.2 Å². The molecule has 0 atom stereocenters. The van der Waals surface area contributed by atoms with E-state index in [4.69, 9.17) is 27.9 Å². The highest BCUT2D eigenvalue weighted by molar-refractivity contribution is 6.31. The van der Waals surface area contributed by atoms with Gasteiger partial charge in [0.05, 0.1) is 18.9 Å². The van der Waals surface area contributed by atoms with E-state index in [1.165, 1.54) is 17.2 Å². The average Bonchev–Trinajstić information content (AvgIpc) is 2.77. The fraction of sp³-hybridized carbons (Fsp3) is 0.250. The number of pyridine rings is 1. The number of nitrogens with one attached hydrogen (secondary N) is 1. The van der Waals surface area contributed by atoms with E-state index in [9.17, 15) is 8.78 Å². The predicted octanol–water partition coefficient (Wildman–Crippen LogP) is 4.80. The van der Waals surface area contributed by atoms with Gasteiger partial charge in [0.15, 0.2) is 5.82 Å². The lowest BCUT2D eigenvalue weighted by molar-refractivity contribution is 0.122. The lowest BCUT2D eigenvalue weighted by Crippen LogP contribution is -2.36. The van der Waals surface area contributed by atoms with Gasteiger partial charge in [-0.15, -0.1) is 0 Å². The Bertz CT molecular complexity index is 1100. The second-order valence-corrected chi connectivity index (χ2v) is 7.56. The van der Waals surface area contributed by atoms with E-state index in [1.807, 2.05) is 0 Å². The van der Waals surface area contributed by atoms with Gasteiger partial charge in [0.25, 0.3) is 0 Å². The number of hydrogen-bond acceptors (Lipinski definition) is 7. The number of hydrogen-bond donors (Lipinski definition) is 1. The molecule has 1 aliphatic rings. The van der Waals surface area contributed by atoms with E-state index in [0.29, 0.717) is 29.9 Å². The van der Waals surface area contributed by atoms with E-state index in [-0.39, 0.29) is 11.6 Å². The molecule has 1 aromatic carbocycles. The quantitative estimate of drug-likeness (QED) is 0.541. The molecule has 31 heavy (non-hydrogen) atoms. The van der Waals surface area contributed by atoms with Crippen molar-refractivity contribution >= 4 is 52.3 Å². The number of nitrogens with zero attached hydrogens (tertiary/aromatic N) is 5. The Balaban J connectivity index is 1.58. The summed E-state index contributed by atoms with van der Waals surface area (Å²) in [6.45, 7) is 2.68. The van der Waals surface area contributed by atoms with Crippen molar-refractivity contribution in [2.75, 3.05) is 48.5 Å². The summed E-state index contributed by atoms with van der Waals surface area (Å²) in [5, 5.41) is 2.96. The normalized spacial score (nSPS) is 13.9. The molecule has 0 amide bonds. The molecule has 1 saturated heterocycles. The Morgan fingerprint density at radius 1 is 1.10 bits per heavy atom. The minimum atomic E-state index is -0.871. The molecule has 11 heteroatoms. The summed E-state index contributed by atoms with van der Waals surface area (Å²) in [6, 6.07) is 7.42. The summed E-state index contributed by atoms with van der Waals surface area (Å²) in [6.07, 6.45) is 1.51. The molecule has 0 spiro atoms. The van der Waals surface area contributed by atoms with Gasteiger partial charge in [-0.25, -0.2) is 18.7 Å². The van der Waals surface area contributed by atoms with Crippen LogP contribution in [0.3, 0.4) is 0 Å². The van der Waals surface area contributed by atoms with Crippen LogP contribution in [0.5, 0.6) is 0 Å². The molecule has 0 radical (unpaired) electrons. The van der Waals surface area contributed by atoms with Gasteiger partial charge in [-0.2, -0.15) is 4.98 Å². The first-order valence-electron chi connectivity index (χ1n) is 9.40. The molecule has 2 aromatic heterocycles. The maximum atomic E-state index is 14.4. The Hall–Kier alpha value is -2.75. The third-order valence-corrected chi connectivity index (χ3v) is 5.28. The van der Waals surface area contributed by atoms with Crippen LogP contribution < -0.4 is 15.1 Å². The van der Waals surface area contributed by atoms with Gasteiger partial charge in [-0.3, -0.25) is 0 Å². The Morgan fingerprint density at radius 3 is 2.65 bits per heavy atom. The molecule has 1 fully saturated rings. The van der Waals surface area contributed by atoms with E-state index in [2.05, 4.69) is 25.2 Å². The van der Waals surface area contributed by atoms with Gasteiger partial charge < -0.3 is 19.9 Å². The van der Waals surface area contributed by atoms with Crippen LogP contribution in [-0.4, -0.2) is 48.3 Å². The minimum absolute atomic E-state index is 0.0755. The molecule has 3 aromatic rings. The number of ether oxygens (including phenoxy) is 1. The van der Waals surface area contributed by atoms with Crippen LogP contribution in [0, 0.1) is 11.6 Å². The zero-order chi connectivity index (χ0) is 22.0. The number of morpholine rings is 1. The predicted molar refractivity (Wildman–Crippen MR) is 117 cm³/mol. The summed E-state index contributed by atoms with van der Waals surface area (Å²) in [5.74, 6) is 0.0861. The average molecular weight is 467 g/mol. The van der Waals surface area contributed by atoms with Crippen molar-refractivity contribution in [2.24, 2.45) is 0 Å². The maximum Gasteiger partial charge on any atom is 0.230 e. The van der Waals surface area contributed by atoms with Gasteiger partial charge in [0.1, 0.15) is 28.3 Å². The number of aromatic nitrogens is 3. The van der Waals surface area contributed by atoms with E-state index in [1.54, 1.807) is 25.2 Å². The largest absolute Gasteiger partial charge is 0.378 e. The molecule has 1 N–H and O–H groups in total. The maximum absolute atomic E-state index is 14.4. The van der Waals surface area contributed by atoms with Gasteiger partial charge in [0.2, 0.25) is 5.95 Å². The van der Waals surface area contributed by atoms with Gasteiger partial charge in [0, 0.05) is 31.4 Å². The molecule has 0 unspecified atom stereocenters. The standard InChI is InChI=1S/C20H18Cl2F2N6O/c1-29(14-3-2-13(23)18(22)19(14)24)16-4-5-25-20(28-16)27-15-10-12(21)11-17(26-15)30-6-8-31-9-7-30/h2-5,10-11H,6-9H2,1H3,(H,25,26,27,28). The Kier molecular flexibility index (Phi) is 6.35. The topological polar surface area (TPSA) is 66.4 Å². The molecule has 0 aliphatic carbocycles. The molecule has 0 saturated carbocycles. The summed E-state index contributed by atoms with van der Waals surface area (Å²) in [5.41, 5.74) is 0.0755. The number of benzene rings is 1. The third-order valence-electron chi connectivity index (χ3n) is 4.71. The smallest absolute Gasteiger partial charge is 0.230 e. The van der Waals surface area contributed by atoms with Gasteiger partial charge in [-0.05, 0) is 30.3 Å². The van der Waals surface area contributed by atoms with Gasteiger partial charge in [-0.1, -0.05) is 23.2 Å². The highest BCUT2D eigenvalue weighted by atomic mass is 35.5. The molecule has 4 rings (SSSR count). The second kappa shape index (κ2) is 9.17. The molecular formula is C20H18Cl2F2N6O. The lowest BCUT2D eigenvalue weighted by atomic mass is 10.2. The van der Waals surface area contributed by atoms with Crippen molar-refractivity contribution in [1.29, 1.82) is 0 Å².